The Kier molecular flexibility index (Phi) is 8.96. The third-order valence-corrected chi connectivity index (χ3v) is 8.57. The summed E-state index contributed by atoms with van der Waals surface area (Å²) in [6, 6.07) is 16.6. The monoisotopic (exact) mass is 598 g/mol. The van der Waals surface area contributed by atoms with Crippen molar-refractivity contribution in [3.63, 3.8) is 0 Å². The molecular weight excluding hydrogens is 556 g/mol. The zero-order valence-corrected chi connectivity index (χ0v) is 26.9. The van der Waals surface area contributed by atoms with Gasteiger partial charge >= 0.3 is 0 Å². The van der Waals surface area contributed by atoms with Gasteiger partial charge < -0.3 is 10.6 Å². The molecule has 0 aliphatic carbocycles. The predicted molar refractivity (Wildman–Crippen MR) is 176 cm³/mol. The molecular formula is C34H43ClN8. The summed E-state index contributed by atoms with van der Waals surface area (Å²) in [5, 5.41) is 27.7. The number of likely N-dealkylation sites (tertiary alicyclic amines) is 1. The Balaban J connectivity index is 1.46. The van der Waals surface area contributed by atoms with Crippen LogP contribution in [-0.4, -0.2) is 50.1 Å². The Morgan fingerprint density at radius 3 is 2.44 bits per heavy atom. The number of hydrogen-bond donors (Lipinski definition) is 2. The summed E-state index contributed by atoms with van der Waals surface area (Å²) >= 11 is 6.81. The van der Waals surface area contributed by atoms with Crippen LogP contribution in [0.15, 0.2) is 54.9 Å². The van der Waals surface area contributed by atoms with Crippen molar-refractivity contribution in [1.82, 2.24) is 24.9 Å². The van der Waals surface area contributed by atoms with E-state index in [1.165, 1.54) is 0 Å². The zero-order valence-electron chi connectivity index (χ0n) is 26.2. The first-order valence-electron chi connectivity index (χ1n) is 15.2. The molecule has 2 N–H and O–H groups in total. The van der Waals surface area contributed by atoms with Crippen molar-refractivity contribution in [3.05, 3.63) is 76.7 Å². The molecule has 226 valence electrons. The zero-order chi connectivity index (χ0) is 30.8. The van der Waals surface area contributed by atoms with Crippen LogP contribution in [0, 0.1) is 16.7 Å². The molecule has 9 heteroatoms. The largest absolute Gasteiger partial charge is 0.383 e. The molecule has 0 saturated carbocycles. The Labute approximate surface area is 260 Å². The highest BCUT2D eigenvalue weighted by molar-refractivity contribution is 6.35. The fourth-order valence-electron chi connectivity index (χ4n) is 5.72. The van der Waals surface area contributed by atoms with E-state index in [4.69, 9.17) is 11.6 Å². The lowest BCUT2D eigenvalue weighted by atomic mass is 9.92. The van der Waals surface area contributed by atoms with Gasteiger partial charge in [-0.15, -0.1) is 5.10 Å². The number of rotatable bonds is 8. The number of fused-ring (bicyclic) bond motifs is 1. The number of nitrogens with one attached hydrogen (secondary N) is 2. The molecule has 3 heterocycles. The van der Waals surface area contributed by atoms with Gasteiger partial charge in [0.05, 0.1) is 40.1 Å². The van der Waals surface area contributed by atoms with Crippen molar-refractivity contribution in [2.24, 2.45) is 5.41 Å². The number of hydrogen-bond acceptors (Lipinski definition) is 7. The molecule has 43 heavy (non-hydrogen) atoms. The molecule has 0 bridgehead atoms. The quantitative estimate of drug-likeness (QED) is 0.213. The molecule has 8 nitrogen and oxygen atoms in total. The second kappa shape index (κ2) is 12.5. The Bertz CT molecular complexity index is 1590. The van der Waals surface area contributed by atoms with Gasteiger partial charge in [0.2, 0.25) is 0 Å². The number of piperidine rings is 1. The maximum atomic E-state index is 9.88. The molecule has 0 radical (unpaired) electrons. The van der Waals surface area contributed by atoms with Gasteiger partial charge in [-0.3, -0.25) is 9.88 Å². The topological polar surface area (TPSA) is 94.7 Å². The Hall–Kier alpha value is -3.67. The molecule has 1 aliphatic rings. The van der Waals surface area contributed by atoms with Crippen LogP contribution in [0.1, 0.15) is 89.7 Å². The van der Waals surface area contributed by atoms with Crippen LogP contribution in [0.25, 0.3) is 10.9 Å². The van der Waals surface area contributed by atoms with Gasteiger partial charge in [-0.25, -0.2) is 4.68 Å². The van der Waals surface area contributed by atoms with E-state index in [9.17, 15) is 5.26 Å². The van der Waals surface area contributed by atoms with E-state index in [0.29, 0.717) is 22.1 Å². The lowest BCUT2D eigenvalue weighted by molar-refractivity contribution is 0.0866. The highest BCUT2D eigenvalue weighted by Gasteiger charge is 2.29. The summed E-state index contributed by atoms with van der Waals surface area (Å²) in [7, 11) is 0. The van der Waals surface area contributed by atoms with E-state index in [1.807, 2.05) is 35.0 Å². The van der Waals surface area contributed by atoms with Crippen LogP contribution in [0.2, 0.25) is 5.02 Å². The first kappa shape index (κ1) is 30.8. The smallest absolute Gasteiger partial charge is 0.109 e. The summed E-state index contributed by atoms with van der Waals surface area (Å²) in [4.78, 5) is 7.07. The number of pyridine rings is 1. The van der Waals surface area contributed by atoms with E-state index in [-0.39, 0.29) is 17.0 Å². The minimum atomic E-state index is -0.248. The highest BCUT2D eigenvalue weighted by atomic mass is 35.5. The molecule has 2 aromatic heterocycles. The first-order chi connectivity index (χ1) is 20.4. The average Bonchev–Trinajstić information content (AvgIpc) is 3.45. The van der Waals surface area contributed by atoms with Crippen molar-refractivity contribution in [1.29, 1.82) is 5.26 Å². The normalized spacial score (nSPS) is 15.8. The Morgan fingerprint density at radius 2 is 1.79 bits per heavy atom. The van der Waals surface area contributed by atoms with Gasteiger partial charge in [0.25, 0.3) is 0 Å². The van der Waals surface area contributed by atoms with E-state index in [2.05, 4.69) is 96.8 Å². The van der Waals surface area contributed by atoms with Gasteiger partial charge in [-0.1, -0.05) is 67.9 Å². The van der Waals surface area contributed by atoms with E-state index in [1.54, 1.807) is 6.20 Å². The second-order valence-electron chi connectivity index (χ2n) is 13.8. The third-order valence-electron chi connectivity index (χ3n) is 8.28. The van der Waals surface area contributed by atoms with Gasteiger partial charge in [-0.2, -0.15) is 5.26 Å². The van der Waals surface area contributed by atoms with Crippen molar-refractivity contribution in [3.8, 4) is 6.07 Å². The number of aromatic nitrogens is 4. The molecule has 0 spiro atoms. The molecule has 1 atom stereocenters. The van der Waals surface area contributed by atoms with Gasteiger partial charge in [0.15, 0.2) is 0 Å². The highest BCUT2D eigenvalue weighted by Crippen LogP contribution is 2.36. The molecule has 1 unspecified atom stereocenters. The van der Waals surface area contributed by atoms with Crippen LogP contribution in [0.3, 0.4) is 0 Å². The maximum Gasteiger partial charge on any atom is 0.109 e. The van der Waals surface area contributed by atoms with Crippen LogP contribution in [0.5, 0.6) is 0 Å². The van der Waals surface area contributed by atoms with Crippen molar-refractivity contribution < 1.29 is 0 Å². The van der Waals surface area contributed by atoms with E-state index < -0.39 is 0 Å². The third kappa shape index (κ3) is 7.29. The van der Waals surface area contributed by atoms with Crippen LogP contribution in [0.4, 0.5) is 11.4 Å². The minimum absolute atomic E-state index is 0.164. The van der Waals surface area contributed by atoms with Gasteiger partial charge in [-0.05, 0) is 63.1 Å². The van der Waals surface area contributed by atoms with Gasteiger partial charge in [0, 0.05) is 42.4 Å². The van der Waals surface area contributed by atoms with Gasteiger partial charge in [0.1, 0.15) is 11.8 Å². The second-order valence-corrected chi connectivity index (χ2v) is 14.2. The fourth-order valence-corrected chi connectivity index (χ4v) is 5.99. The Morgan fingerprint density at radius 1 is 1.07 bits per heavy atom. The van der Waals surface area contributed by atoms with Crippen molar-refractivity contribution in [2.75, 3.05) is 30.3 Å². The number of benzene rings is 2. The van der Waals surface area contributed by atoms with Crippen LogP contribution in [-0.2, 0) is 0 Å². The first-order valence-corrected chi connectivity index (χ1v) is 15.6. The number of halogens is 1. The number of anilines is 2. The predicted octanol–water partition coefficient (Wildman–Crippen LogP) is 7.84. The van der Waals surface area contributed by atoms with Crippen molar-refractivity contribution >= 4 is 33.9 Å². The summed E-state index contributed by atoms with van der Waals surface area (Å²) in [5.41, 5.74) is 4.97. The molecule has 4 aromatic rings. The van der Waals surface area contributed by atoms with E-state index >= 15 is 0 Å². The summed E-state index contributed by atoms with van der Waals surface area (Å²) in [5.74, 6) is 0. The molecule has 2 aromatic carbocycles. The standard InChI is InChI=1S/C34H43ClN8/c1-33(2,3)14-15-37-30-24(20-36)21-38-32-27(30)18-25(19-28(32)35)39-31(23-10-8-7-9-11-23)29-22-43(41-40-29)26-12-16-42(17-13-26)34(4,5)6/h7-11,18-19,21-22,26,31,39H,12-17H2,1-6H3,(H,37,38). The SMILES string of the molecule is CC(C)(C)CCNc1c(C#N)cnc2c(Cl)cc(NC(c3ccccc3)c3cn(C4CCN(C(C)(C)C)CC4)nn3)cc12. The van der Waals surface area contributed by atoms with Crippen LogP contribution >= 0.6 is 11.6 Å². The molecule has 1 fully saturated rings. The summed E-state index contributed by atoms with van der Waals surface area (Å²) < 4.78 is 2.04. The molecule has 5 rings (SSSR count). The lowest BCUT2D eigenvalue weighted by Gasteiger charge is -2.40. The maximum absolute atomic E-state index is 9.88. The van der Waals surface area contributed by atoms with Crippen molar-refractivity contribution in [2.45, 2.75) is 78.4 Å². The summed E-state index contributed by atoms with van der Waals surface area (Å²) in [6.45, 7) is 16.3. The molecule has 1 saturated heterocycles. The average molecular weight is 599 g/mol. The van der Waals surface area contributed by atoms with E-state index in [0.717, 1.165) is 66.9 Å². The lowest BCUT2D eigenvalue weighted by Crippen LogP contribution is -2.46. The summed E-state index contributed by atoms with van der Waals surface area (Å²) in [6.07, 6.45) is 6.72. The molecule has 0 amide bonds. The number of nitriles is 1. The number of nitrogens with zero attached hydrogens (tertiary/aromatic N) is 6. The van der Waals surface area contributed by atoms with Crippen LogP contribution < -0.4 is 10.6 Å². The minimum Gasteiger partial charge on any atom is -0.383 e. The molecule has 1 aliphatic heterocycles. The fraction of sp³-hybridized carbons (Fsp3) is 0.471.